The lowest BCUT2D eigenvalue weighted by molar-refractivity contribution is 0.00433. The number of ether oxygens (including phenoxy) is 1. The molecule has 0 radical (unpaired) electrons. The van der Waals surface area contributed by atoms with Gasteiger partial charge in [-0.2, -0.15) is 8.42 Å². The highest BCUT2D eigenvalue weighted by atomic mass is 79.9. The van der Waals surface area contributed by atoms with Crippen molar-refractivity contribution in [2.75, 3.05) is 26.2 Å². The number of nitrogens with zero attached hydrogens (tertiary/aromatic N) is 2. The average Bonchev–Trinajstić information content (AvgIpc) is 3.65. The topological polar surface area (TPSA) is 76.2 Å². The van der Waals surface area contributed by atoms with Crippen LogP contribution in [0.3, 0.4) is 0 Å². The summed E-state index contributed by atoms with van der Waals surface area (Å²) in [6, 6.07) is 16.9. The van der Waals surface area contributed by atoms with E-state index in [0.29, 0.717) is 12.5 Å². The normalized spacial score (nSPS) is 21.0. The first-order chi connectivity index (χ1) is 18.4. The minimum atomic E-state index is -3.79. The highest BCUT2D eigenvalue weighted by molar-refractivity contribution is 9.10. The number of hydrogen-bond acceptors (Lipinski definition) is 6. The third kappa shape index (κ3) is 8.39. The molecule has 0 aromatic heterocycles. The van der Waals surface area contributed by atoms with Crippen LogP contribution in [0.25, 0.3) is 6.08 Å². The molecule has 1 heterocycles. The van der Waals surface area contributed by atoms with Gasteiger partial charge in [-0.1, -0.05) is 57.9 Å². The summed E-state index contributed by atoms with van der Waals surface area (Å²) in [5.74, 6) is 0.327. The van der Waals surface area contributed by atoms with Gasteiger partial charge in [-0.15, -0.1) is 0 Å². The highest BCUT2D eigenvalue weighted by Gasteiger charge is 2.48. The molecule has 212 valence electrons. The molecular formula is C30H39BrN2O5S. The van der Waals surface area contributed by atoms with Crippen molar-refractivity contribution in [3.63, 3.8) is 0 Å². The summed E-state index contributed by atoms with van der Waals surface area (Å²) in [4.78, 5) is 17.7. The van der Waals surface area contributed by atoms with Crippen molar-refractivity contribution >= 4 is 38.2 Å². The molecule has 9 heteroatoms. The average molecular weight is 620 g/mol. The van der Waals surface area contributed by atoms with Crippen LogP contribution in [0.5, 0.6) is 0 Å². The fourth-order valence-corrected chi connectivity index (χ4v) is 6.30. The van der Waals surface area contributed by atoms with E-state index in [1.54, 1.807) is 12.1 Å². The van der Waals surface area contributed by atoms with Gasteiger partial charge in [0.1, 0.15) is 5.60 Å². The van der Waals surface area contributed by atoms with E-state index < -0.39 is 15.7 Å². The zero-order chi connectivity index (χ0) is 28.2. The molecule has 1 aliphatic heterocycles. The van der Waals surface area contributed by atoms with Crippen molar-refractivity contribution in [1.29, 1.82) is 0 Å². The van der Waals surface area contributed by atoms with Gasteiger partial charge in [-0.05, 0) is 76.8 Å². The Kier molecular flexibility index (Phi) is 9.57. The first kappa shape index (κ1) is 29.8. The molecule has 2 aliphatic rings. The second kappa shape index (κ2) is 12.5. The standard InChI is InChI=1S/C30H39BrN2O5S/c1-22(20-23-8-6-5-7-9-23)27-21-28(27)33(29(34)38-30(2,3)4)25-14-16-32(17-15-25)18-19-37-39(35,36)26-12-10-24(31)11-13-26/h5-13,20,25,27-28H,14-19,21H2,1-4H3/b22-20+/t27-,28+/m0/s1. The van der Waals surface area contributed by atoms with Gasteiger partial charge in [0.15, 0.2) is 0 Å². The van der Waals surface area contributed by atoms with Gasteiger partial charge in [0.25, 0.3) is 10.1 Å². The number of rotatable bonds is 9. The van der Waals surface area contributed by atoms with Crippen LogP contribution in [0.4, 0.5) is 4.79 Å². The van der Waals surface area contributed by atoms with Gasteiger partial charge in [0, 0.05) is 42.1 Å². The van der Waals surface area contributed by atoms with Crippen LogP contribution in [-0.4, -0.2) is 68.2 Å². The maximum atomic E-state index is 13.4. The third-order valence-corrected chi connectivity index (χ3v) is 9.05. The van der Waals surface area contributed by atoms with E-state index in [1.165, 1.54) is 23.3 Å². The van der Waals surface area contributed by atoms with Crippen molar-refractivity contribution in [1.82, 2.24) is 9.80 Å². The van der Waals surface area contributed by atoms with E-state index in [1.807, 2.05) is 43.9 Å². The van der Waals surface area contributed by atoms with Gasteiger partial charge < -0.3 is 14.5 Å². The summed E-state index contributed by atoms with van der Waals surface area (Å²) in [6.45, 7) is 9.99. The summed E-state index contributed by atoms with van der Waals surface area (Å²) in [5, 5.41) is 0. The first-order valence-electron chi connectivity index (χ1n) is 13.5. The highest BCUT2D eigenvalue weighted by Crippen LogP contribution is 2.44. The molecule has 0 spiro atoms. The molecule has 0 unspecified atom stereocenters. The fraction of sp³-hybridized carbons (Fsp3) is 0.500. The van der Waals surface area contributed by atoms with E-state index in [2.05, 4.69) is 46.0 Å². The molecule has 0 N–H and O–H groups in total. The number of amides is 1. The van der Waals surface area contributed by atoms with Crippen LogP contribution < -0.4 is 0 Å². The van der Waals surface area contributed by atoms with E-state index in [0.717, 1.165) is 36.8 Å². The Morgan fingerprint density at radius 2 is 1.72 bits per heavy atom. The van der Waals surface area contributed by atoms with Crippen molar-refractivity contribution in [3.8, 4) is 0 Å². The largest absolute Gasteiger partial charge is 0.444 e. The summed E-state index contributed by atoms with van der Waals surface area (Å²) in [7, 11) is -3.79. The Morgan fingerprint density at radius 1 is 1.08 bits per heavy atom. The molecule has 1 aliphatic carbocycles. The van der Waals surface area contributed by atoms with E-state index in [4.69, 9.17) is 8.92 Å². The SMILES string of the molecule is C/C(=C\c1ccccc1)[C@@H]1C[C@H]1N(C(=O)OC(C)(C)C)C1CCN(CCOS(=O)(=O)c2ccc(Br)cc2)CC1. The summed E-state index contributed by atoms with van der Waals surface area (Å²) in [5.41, 5.74) is 1.89. The molecule has 0 bridgehead atoms. The maximum Gasteiger partial charge on any atom is 0.410 e. The molecule has 4 rings (SSSR count). The smallest absolute Gasteiger partial charge is 0.410 e. The molecule has 1 saturated carbocycles. The minimum absolute atomic E-state index is 0.0861. The number of likely N-dealkylation sites (tertiary alicyclic amines) is 1. The molecule has 2 aromatic rings. The Balaban J connectivity index is 1.34. The van der Waals surface area contributed by atoms with Crippen LogP contribution in [0.2, 0.25) is 0 Å². The summed E-state index contributed by atoms with van der Waals surface area (Å²) >= 11 is 3.31. The Hall–Kier alpha value is -2.20. The number of carbonyl (C=O) groups excluding carboxylic acids is 1. The predicted molar refractivity (Wildman–Crippen MR) is 157 cm³/mol. The molecular weight excluding hydrogens is 580 g/mol. The number of piperidine rings is 1. The molecule has 1 amide bonds. The van der Waals surface area contributed by atoms with Gasteiger partial charge in [0.05, 0.1) is 11.5 Å². The van der Waals surface area contributed by atoms with E-state index in [-0.39, 0.29) is 29.7 Å². The van der Waals surface area contributed by atoms with Crippen LogP contribution in [0.1, 0.15) is 52.5 Å². The molecule has 7 nitrogen and oxygen atoms in total. The Labute approximate surface area is 241 Å². The van der Waals surface area contributed by atoms with Gasteiger partial charge in [-0.25, -0.2) is 4.79 Å². The molecule has 1 saturated heterocycles. The Morgan fingerprint density at radius 3 is 2.33 bits per heavy atom. The zero-order valence-electron chi connectivity index (χ0n) is 23.2. The zero-order valence-corrected chi connectivity index (χ0v) is 25.6. The number of halogens is 1. The predicted octanol–water partition coefficient (Wildman–Crippen LogP) is 6.35. The molecule has 2 fully saturated rings. The van der Waals surface area contributed by atoms with Crippen LogP contribution in [0, 0.1) is 5.92 Å². The van der Waals surface area contributed by atoms with Crippen molar-refractivity contribution in [2.24, 2.45) is 5.92 Å². The second-order valence-electron chi connectivity index (χ2n) is 11.4. The van der Waals surface area contributed by atoms with Crippen LogP contribution in [0.15, 0.2) is 69.5 Å². The monoisotopic (exact) mass is 618 g/mol. The lowest BCUT2D eigenvalue weighted by atomic mass is 10.0. The van der Waals surface area contributed by atoms with E-state index in [9.17, 15) is 13.2 Å². The molecule has 39 heavy (non-hydrogen) atoms. The quantitative estimate of drug-likeness (QED) is 0.305. The lowest BCUT2D eigenvalue weighted by Gasteiger charge is -2.39. The summed E-state index contributed by atoms with van der Waals surface area (Å²) in [6.07, 6.45) is 4.52. The van der Waals surface area contributed by atoms with Gasteiger partial charge in [-0.3, -0.25) is 4.18 Å². The van der Waals surface area contributed by atoms with Crippen molar-refractivity contribution in [2.45, 2.75) is 69.5 Å². The van der Waals surface area contributed by atoms with Crippen LogP contribution in [-0.2, 0) is 19.0 Å². The summed E-state index contributed by atoms with van der Waals surface area (Å²) < 4.78 is 36.9. The maximum absolute atomic E-state index is 13.4. The van der Waals surface area contributed by atoms with Crippen molar-refractivity contribution < 1.29 is 22.1 Å². The molecule has 2 atom stereocenters. The number of hydrogen-bond donors (Lipinski definition) is 0. The number of carbonyl (C=O) groups is 1. The third-order valence-electron chi connectivity index (χ3n) is 7.20. The fourth-order valence-electron chi connectivity index (χ4n) is 5.13. The Bertz CT molecular complexity index is 1250. The first-order valence-corrected chi connectivity index (χ1v) is 15.7. The van der Waals surface area contributed by atoms with Gasteiger partial charge in [0.2, 0.25) is 0 Å². The lowest BCUT2D eigenvalue weighted by Crippen LogP contribution is -2.50. The molecule has 2 aromatic carbocycles. The number of benzene rings is 2. The van der Waals surface area contributed by atoms with Crippen molar-refractivity contribution in [3.05, 3.63) is 70.2 Å². The van der Waals surface area contributed by atoms with E-state index >= 15 is 0 Å². The minimum Gasteiger partial charge on any atom is -0.444 e. The van der Waals surface area contributed by atoms with Crippen LogP contribution >= 0.6 is 15.9 Å². The second-order valence-corrected chi connectivity index (χ2v) is 13.9. The van der Waals surface area contributed by atoms with Gasteiger partial charge >= 0.3 is 6.09 Å².